The van der Waals surface area contributed by atoms with Crippen LogP contribution in [0.1, 0.15) is 38.5 Å². The lowest BCUT2D eigenvalue weighted by molar-refractivity contribution is -0.175. The molecule has 3 aliphatic carbocycles. The van der Waals surface area contributed by atoms with Gasteiger partial charge in [-0.1, -0.05) is 0 Å². The number of hydrogen-bond acceptors (Lipinski definition) is 3. The van der Waals surface area contributed by atoms with Crippen molar-refractivity contribution in [3.05, 3.63) is 0 Å². The zero-order valence-electron chi connectivity index (χ0n) is 7.99. The molecule has 0 aromatic heterocycles. The lowest BCUT2D eigenvalue weighted by atomic mass is 9.58. The summed E-state index contributed by atoms with van der Waals surface area (Å²) in [4.78, 5) is 21.4. The molecule has 3 fully saturated rings. The molecule has 0 atom stereocenters. The van der Waals surface area contributed by atoms with Crippen molar-refractivity contribution in [1.82, 2.24) is 0 Å². The molecule has 2 bridgehead atoms. The smallest absolute Gasteiger partial charge is 0.309 e. The van der Waals surface area contributed by atoms with Gasteiger partial charge in [0.2, 0.25) is 0 Å². The molecule has 0 aromatic carbocycles. The summed E-state index contributed by atoms with van der Waals surface area (Å²) in [6, 6.07) is 0. The van der Waals surface area contributed by atoms with Gasteiger partial charge in [0.25, 0.3) is 6.47 Å². The van der Waals surface area contributed by atoms with Crippen molar-refractivity contribution in [2.24, 2.45) is 5.41 Å². The lowest BCUT2D eigenvalue weighted by Gasteiger charge is -2.49. The first-order valence-corrected chi connectivity index (χ1v) is 4.97. The average Bonchev–Trinajstić information content (AvgIpc) is 2.20. The summed E-state index contributed by atoms with van der Waals surface area (Å²) in [5.74, 6) is -0.683. The van der Waals surface area contributed by atoms with Crippen LogP contribution in [0, 0.1) is 5.41 Å². The summed E-state index contributed by atoms with van der Waals surface area (Å²) in [6.07, 6.45) is 4.07. The van der Waals surface area contributed by atoms with Crippen LogP contribution >= 0.6 is 0 Å². The van der Waals surface area contributed by atoms with Gasteiger partial charge in [-0.05, 0) is 38.5 Å². The summed E-state index contributed by atoms with van der Waals surface area (Å²) < 4.78 is 5.11. The number of hydrogen-bond donors (Lipinski definition) is 1. The molecule has 3 aliphatic rings. The molecule has 0 aromatic rings. The molecule has 0 radical (unpaired) electrons. The molecule has 0 heterocycles. The summed E-state index contributed by atoms with van der Waals surface area (Å²) in [5.41, 5.74) is -0.854. The summed E-state index contributed by atoms with van der Waals surface area (Å²) in [7, 11) is 0. The van der Waals surface area contributed by atoms with Gasteiger partial charge in [0.15, 0.2) is 0 Å². The molecule has 0 unspecified atom stereocenters. The molecule has 78 valence electrons. The number of carbonyl (C=O) groups is 2. The number of ether oxygens (including phenoxy) is 1. The molecule has 1 N–H and O–H groups in total. The summed E-state index contributed by atoms with van der Waals surface area (Å²) in [5, 5.41) is 9.12. The van der Waals surface area contributed by atoms with Gasteiger partial charge in [-0.15, -0.1) is 0 Å². The van der Waals surface area contributed by atoms with E-state index < -0.39 is 11.4 Å². The van der Waals surface area contributed by atoms with Gasteiger partial charge in [0, 0.05) is 0 Å². The number of carboxylic acids is 1. The fourth-order valence-corrected chi connectivity index (χ4v) is 2.75. The van der Waals surface area contributed by atoms with Crippen molar-refractivity contribution in [2.45, 2.75) is 44.1 Å². The van der Waals surface area contributed by atoms with Crippen LogP contribution in [0.4, 0.5) is 0 Å². The molecule has 0 amide bonds. The van der Waals surface area contributed by atoms with Gasteiger partial charge in [-0.2, -0.15) is 0 Å². The van der Waals surface area contributed by atoms with E-state index in [0.29, 0.717) is 45.0 Å². The van der Waals surface area contributed by atoms with Gasteiger partial charge in [-0.3, -0.25) is 9.59 Å². The van der Waals surface area contributed by atoms with E-state index in [-0.39, 0.29) is 5.60 Å². The van der Waals surface area contributed by atoms with Crippen LogP contribution < -0.4 is 0 Å². The van der Waals surface area contributed by atoms with Crippen LogP contribution in [-0.2, 0) is 14.3 Å². The van der Waals surface area contributed by atoms with Crippen LogP contribution in [0.25, 0.3) is 0 Å². The predicted molar refractivity (Wildman–Crippen MR) is 47.7 cm³/mol. The molecular weight excluding hydrogens is 184 g/mol. The first-order valence-electron chi connectivity index (χ1n) is 4.97. The minimum absolute atomic E-state index is 0.334. The topological polar surface area (TPSA) is 63.6 Å². The van der Waals surface area contributed by atoms with E-state index in [9.17, 15) is 9.59 Å². The zero-order valence-corrected chi connectivity index (χ0v) is 7.99. The highest BCUT2D eigenvalue weighted by molar-refractivity contribution is 5.75. The Balaban J connectivity index is 2.12. The molecule has 0 spiro atoms. The summed E-state index contributed by atoms with van der Waals surface area (Å²) >= 11 is 0. The van der Waals surface area contributed by atoms with Crippen molar-refractivity contribution in [3.8, 4) is 0 Å². The third-order valence-electron chi connectivity index (χ3n) is 3.93. The normalized spacial score (nSPS) is 40.6. The second kappa shape index (κ2) is 2.97. The van der Waals surface area contributed by atoms with Gasteiger partial charge >= 0.3 is 5.97 Å². The van der Waals surface area contributed by atoms with Crippen molar-refractivity contribution >= 4 is 12.4 Å². The third-order valence-corrected chi connectivity index (χ3v) is 3.93. The fraction of sp³-hybridized carbons (Fsp3) is 0.800. The maximum Gasteiger partial charge on any atom is 0.309 e. The van der Waals surface area contributed by atoms with Crippen LogP contribution in [0.15, 0.2) is 0 Å². The monoisotopic (exact) mass is 198 g/mol. The van der Waals surface area contributed by atoms with E-state index in [0.717, 1.165) is 0 Å². The van der Waals surface area contributed by atoms with Crippen molar-refractivity contribution in [2.75, 3.05) is 0 Å². The third kappa shape index (κ3) is 1.21. The Bertz CT molecular complexity index is 247. The van der Waals surface area contributed by atoms with E-state index in [1.807, 2.05) is 0 Å². The van der Waals surface area contributed by atoms with Crippen LogP contribution in [0.5, 0.6) is 0 Å². The number of carbonyl (C=O) groups excluding carboxylic acids is 1. The number of carboxylic acid groups (broad SMARTS) is 1. The molecular formula is C10H14O4. The molecule has 14 heavy (non-hydrogen) atoms. The Kier molecular flexibility index (Phi) is 2.01. The molecule has 4 nitrogen and oxygen atoms in total. The first-order chi connectivity index (χ1) is 6.63. The molecule has 4 heteroatoms. The van der Waals surface area contributed by atoms with Gasteiger partial charge < -0.3 is 9.84 Å². The minimum atomic E-state index is -0.683. The van der Waals surface area contributed by atoms with Crippen LogP contribution in [0.2, 0.25) is 0 Å². The largest absolute Gasteiger partial charge is 0.481 e. The van der Waals surface area contributed by atoms with Crippen molar-refractivity contribution in [3.63, 3.8) is 0 Å². The second-order valence-corrected chi connectivity index (χ2v) is 4.48. The second-order valence-electron chi connectivity index (χ2n) is 4.48. The minimum Gasteiger partial charge on any atom is -0.481 e. The number of aliphatic carboxylic acids is 1. The van der Waals surface area contributed by atoms with Gasteiger partial charge in [-0.25, -0.2) is 0 Å². The maximum absolute atomic E-state index is 11.1. The van der Waals surface area contributed by atoms with E-state index in [1.165, 1.54) is 0 Å². The summed E-state index contributed by atoms with van der Waals surface area (Å²) in [6.45, 7) is 0.499. The quantitative estimate of drug-likeness (QED) is 0.695. The van der Waals surface area contributed by atoms with Crippen LogP contribution in [0.3, 0.4) is 0 Å². The number of fused-ring (bicyclic) bond motifs is 3. The van der Waals surface area contributed by atoms with Gasteiger partial charge in [0.1, 0.15) is 5.60 Å². The molecule has 3 rings (SSSR count). The van der Waals surface area contributed by atoms with E-state index in [4.69, 9.17) is 9.84 Å². The van der Waals surface area contributed by atoms with Crippen LogP contribution in [-0.4, -0.2) is 23.1 Å². The molecule has 0 aliphatic heterocycles. The Labute approximate surface area is 82.2 Å². The zero-order chi connectivity index (χ0) is 10.2. The molecule has 3 saturated carbocycles. The highest BCUT2D eigenvalue weighted by Gasteiger charge is 2.53. The van der Waals surface area contributed by atoms with E-state index >= 15 is 0 Å². The molecule has 0 saturated heterocycles. The van der Waals surface area contributed by atoms with Crippen molar-refractivity contribution < 1.29 is 19.4 Å². The Morgan fingerprint density at radius 3 is 2.00 bits per heavy atom. The Hall–Kier alpha value is -1.06. The Morgan fingerprint density at radius 1 is 1.14 bits per heavy atom. The highest BCUT2D eigenvalue weighted by Crippen LogP contribution is 2.53. The SMILES string of the molecule is O=COC12CCC(C(=O)O)(CC1)CC2. The Morgan fingerprint density at radius 2 is 1.64 bits per heavy atom. The van der Waals surface area contributed by atoms with Crippen molar-refractivity contribution in [1.29, 1.82) is 0 Å². The standard InChI is InChI=1S/C10H14O4/c11-7-14-10-4-1-9(2-5-10,3-6-10)8(12)13/h7H,1-6H2,(H,12,13). The first kappa shape index (κ1) is 9.49. The predicted octanol–water partition coefficient (Wildman–Crippen LogP) is 1.34. The maximum atomic E-state index is 11.1. The van der Waals surface area contributed by atoms with E-state index in [1.54, 1.807) is 0 Å². The highest BCUT2D eigenvalue weighted by atomic mass is 16.5. The number of rotatable bonds is 3. The van der Waals surface area contributed by atoms with Gasteiger partial charge in [0.05, 0.1) is 5.41 Å². The lowest BCUT2D eigenvalue weighted by Crippen LogP contribution is -2.50. The van der Waals surface area contributed by atoms with E-state index in [2.05, 4.69) is 0 Å². The fourth-order valence-electron chi connectivity index (χ4n) is 2.75. The average molecular weight is 198 g/mol.